The SMILES string of the molecule is CC[C@H](C)[C@H]1NC(=O)[C@H](CC(C)C)NC(=O)[C@@H]2CCCN2C(=O)[C@H](Cc2ccc(O)cc2)NC(=O)CNC(=O)CNC(=O)[C@H](CC(C)C)NC1=O. The molecule has 7 N–H and O–H groups in total. The molecule has 2 saturated heterocycles. The molecule has 2 fully saturated rings. The van der Waals surface area contributed by atoms with Gasteiger partial charge >= 0.3 is 0 Å². The van der Waals surface area contributed by atoms with Crippen molar-refractivity contribution < 1.29 is 38.7 Å². The summed E-state index contributed by atoms with van der Waals surface area (Å²) in [6.45, 7) is 10.5. The molecule has 7 amide bonds. The smallest absolute Gasteiger partial charge is 0.246 e. The van der Waals surface area contributed by atoms with Gasteiger partial charge in [-0.15, -0.1) is 0 Å². The maximum atomic E-state index is 14.0. The zero-order chi connectivity index (χ0) is 37.8. The largest absolute Gasteiger partial charge is 0.508 e. The minimum absolute atomic E-state index is 0.0114. The topological polar surface area (TPSA) is 215 Å². The van der Waals surface area contributed by atoms with Crippen molar-refractivity contribution in [1.82, 2.24) is 36.8 Å². The second kappa shape index (κ2) is 19.1. The van der Waals surface area contributed by atoms with E-state index in [-0.39, 0.29) is 49.3 Å². The summed E-state index contributed by atoms with van der Waals surface area (Å²) >= 11 is 0. The zero-order valence-electron chi connectivity index (χ0n) is 30.5. The van der Waals surface area contributed by atoms with Crippen LogP contribution in [0.5, 0.6) is 5.75 Å². The van der Waals surface area contributed by atoms with Crippen LogP contribution in [0.3, 0.4) is 0 Å². The number of phenolic OH excluding ortho intramolecular Hbond substituents is 1. The number of benzene rings is 1. The summed E-state index contributed by atoms with van der Waals surface area (Å²) in [5, 5.41) is 25.8. The number of carbonyl (C=O) groups is 7. The second-order valence-electron chi connectivity index (χ2n) is 14.4. The molecule has 0 aromatic heterocycles. The molecule has 0 bridgehead atoms. The van der Waals surface area contributed by atoms with Crippen molar-refractivity contribution >= 4 is 41.4 Å². The van der Waals surface area contributed by atoms with Crippen LogP contribution < -0.4 is 31.9 Å². The van der Waals surface area contributed by atoms with Crippen molar-refractivity contribution in [2.75, 3.05) is 19.6 Å². The molecule has 282 valence electrons. The van der Waals surface area contributed by atoms with Gasteiger partial charge in [0.25, 0.3) is 0 Å². The van der Waals surface area contributed by atoms with E-state index < -0.39 is 84.6 Å². The molecule has 1 aromatic rings. The average Bonchev–Trinajstić information content (AvgIpc) is 3.57. The van der Waals surface area contributed by atoms with Crippen LogP contribution in [0.2, 0.25) is 0 Å². The number of phenols is 1. The molecule has 2 aliphatic rings. The Morgan fingerprint density at radius 1 is 0.706 bits per heavy atom. The van der Waals surface area contributed by atoms with Gasteiger partial charge in [0.05, 0.1) is 13.1 Å². The normalized spacial score (nSPS) is 25.5. The fraction of sp³-hybridized carbons (Fsp3) is 0.639. The number of hydrogen-bond acceptors (Lipinski definition) is 8. The van der Waals surface area contributed by atoms with E-state index in [4.69, 9.17) is 0 Å². The predicted octanol–water partition coefficient (Wildman–Crippen LogP) is 0.249. The van der Waals surface area contributed by atoms with Gasteiger partial charge in [0.1, 0.15) is 36.0 Å². The Hall–Kier alpha value is -4.69. The molecule has 2 heterocycles. The molecule has 0 aliphatic carbocycles. The molecule has 15 nitrogen and oxygen atoms in total. The zero-order valence-corrected chi connectivity index (χ0v) is 30.5. The first-order chi connectivity index (χ1) is 24.1. The molecule has 1 aromatic carbocycles. The molecule has 0 spiro atoms. The number of carbonyl (C=O) groups excluding carboxylic acids is 7. The number of nitrogens with one attached hydrogen (secondary N) is 6. The number of fused-ring (bicyclic) bond motifs is 1. The fourth-order valence-electron chi connectivity index (χ4n) is 6.24. The van der Waals surface area contributed by atoms with Crippen molar-refractivity contribution in [3.63, 3.8) is 0 Å². The lowest BCUT2D eigenvalue weighted by atomic mass is 9.95. The molecular weight excluding hydrogens is 658 g/mol. The molecule has 2 aliphatic heterocycles. The Morgan fingerprint density at radius 3 is 1.90 bits per heavy atom. The molecule has 51 heavy (non-hydrogen) atoms. The van der Waals surface area contributed by atoms with Gasteiger partial charge in [-0.3, -0.25) is 33.6 Å². The lowest BCUT2D eigenvalue weighted by molar-refractivity contribution is -0.142. The molecular formula is C36H55N7O8. The average molecular weight is 714 g/mol. The van der Waals surface area contributed by atoms with Gasteiger partial charge in [-0.25, -0.2) is 0 Å². The van der Waals surface area contributed by atoms with E-state index >= 15 is 0 Å². The standard InChI is InChI=1S/C36H55N7O8/c1-7-22(6)31-35(50)41-25(15-20(2)3)32(47)38-18-29(45)37-19-30(46)39-27(17-23-10-12-24(44)13-11-23)36(51)43-14-8-9-28(43)34(49)40-26(16-21(4)5)33(48)42-31/h10-13,20-22,25-28,31,44H,7-9,14-19H2,1-6H3,(H,37,45)(H,38,47)(H,39,46)(H,40,49)(H,41,50)(H,42,48)/t22-,25-,26-,27-,28-,31+/m0/s1. The highest BCUT2D eigenvalue weighted by Crippen LogP contribution is 2.21. The monoisotopic (exact) mass is 713 g/mol. The molecule has 0 saturated carbocycles. The fourth-order valence-corrected chi connectivity index (χ4v) is 6.24. The molecule has 3 rings (SSSR count). The van der Waals surface area contributed by atoms with Crippen LogP contribution in [0.25, 0.3) is 0 Å². The summed E-state index contributed by atoms with van der Waals surface area (Å²) in [6, 6.07) is 1.02. The van der Waals surface area contributed by atoms with Gasteiger partial charge in [0.15, 0.2) is 0 Å². The Labute approximate surface area is 299 Å². The van der Waals surface area contributed by atoms with Crippen molar-refractivity contribution in [2.45, 2.75) is 110 Å². The van der Waals surface area contributed by atoms with E-state index in [1.807, 2.05) is 34.6 Å². The van der Waals surface area contributed by atoms with Crippen LogP contribution in [0.15, 0.2) is 24.3 Å². The molecule has 15 heteroatoms. The van der Waals surface area contributed by atoms with Crippen LogP contribution in [-0.4, -0.2) is 101 Å². The Balaban J connectivity index is 1.99. The van der Waals surface area contributed by atoms with E-state index in [0.29, 0.717) is 24.8 Å². The highest BCUT2D eigenvalue weighted by atomic mass is 16.3. The van der Waals surface area contributed by atoms with Gasteiger partial charge in [-0.05, 0) is 61.1 Å². The van der Waals surface area contributed by atoms with Gasteiger partial charge < -0.3 is 41.9 Å². The molecule has 0 radical (unpaired) electrons. The first kappa shape index (κ1) is 40.7. The van der Waals surface area contributed by atoms with E-state index in [9.17, 15) is 38.7 Å². The predicted molar refractivity (Wildman–Crippen MR) is 189 cm³/mol. The van der Waals surface area contributed by atoms with Gasteiger partial charge in [-0.1, -0.05) is 60.1 Å². The van der Waals surface area contributed by atoms with Gasteiger partial charge in [0.2, 0.25) is 41.4 Å². The van der Waals surface area contributed by atoms with Gasteiger partial charge in [0, 0.05) is 13.0 Å². The summed E-state index contributed by atoms with van der Waals surface area (Å²) in [7, 11) is 0. The van der Waals surface area contributed by atoms with Crippen molar-refractivity contribution in [3.8, 4) is 5.75 Å². The maximum Gasteiger partial charge on any atom is 0.246 e. The second-order valence-corrected chi connectivity index (χ2v) is 14.4. The lowest BCUT2D eigenvalue weighted by Gasteiger charge is -2.31. The van der Waals surface area contributed by atoms with Crippen LogP contribution in [0.4, 0.5) is 0 Å². The Bertz CT molecular complexity index is 1420. The van der Waals surface area contributed by atoms with Crippen LogP contribution in [-0.2, 0) is 40.0 Å². The number of amides is 7. The van der Waals surface area contributed by atoms with Crippen molar-refractivity contribution in [1.29, 1.82) is 0 Å². The summed E-state index contributed by atoms with van der Waals surface area (Å²) < 4.78 is 0. The minimum Gasteiger partial charge on any atom is -0.508 e. The number of nitrogens with zero attached hydrogens (tertiary/aromatic N) is 1. The van der Waals surface area contributed by atoms with E-state index in [1.165, 1.54) is 17.0 Å². The lowest BCUT2D eigenvalue weighted by Crippen LogP contribution is -2.60. The van der Waals surface area contributed by atoms with Crippen LogP contribution in [0, 0.1) is 17.8 Å². The first-order valence-electron chi connectivity index (χ1n) is 17.9. The van der Waals surface area contributed by atoms with Crippen LogP contribution in [0.1, 0.15) is 79.2 Å². The van der Waals surface area contributed by atoms with Crippen LogP contribution >= 0.6 is 0 Å². The Morgan fingerprint density at radius 2 is 1.29 bits per heavy atom. The number of rotatable bonds is 8. The quantitative estimate of drug-likeness (QED) is 0.198. The highest BCUT2D eigenvalue weighted by molar-refractivity contribution is 5.97. The summed E-state index contributed by atoms with van der Waals surface area (Å²) in [4.78, 5) is 95.8. The molecule has 6 atom stereocenters. The number of hydrogen-bond donors (Lipinski definition) is 7. The van der Waals surface area contributed by atoms with E-state index in [2.05, 4.69) is 31.9 Å². The van der Waals surface area contributed by atoms with E-state index in [0.717, 1.165) is 0 Å². The third kappa shape index (κ3) is 12.2. The summed E-state index contributed by atoms with van der Waals surface area (Å²) in [5.74, 6) is -4.49. The van der Waals surface area contributed by atoms with Gasteiger partial charge in [-0.2, -0.15) is 0 Å². The van der Waals surface area contributed by atoms with Crippen molar-refractivity contribution in [3.05, 3.63) is 29.8 Å². The Kier molecular flexibility index (Phi) is 15.2. The third-order valence-corrected chi connectivity index (χ3v) is 9.19. The summed E-state index contributed by atoms with van der Waals surface area (Å²) in [6.07, 6.45) is 1.92. The molecule has 0 unspecified atom stereocenters. The maximum absolute atomic E-state index is 14.0. The highest BCUT2D eigenvalue weighted by Gasteiger charge is 2.40. The first-order valence-corrected chi connectivity index (χ1v) is 17.9. The van der Waals surface area contributed by atoms with E-state index in [1.54, 1.807) is 19.1 Å². The third-order valence-electron chi connectivity index (χ3n) is 9.19. The minimum atomic E-state index is -1.12. The number of aromatic hydroxyl groups is 1. The summed E-state index contributed by atoms with van der Waals surface area (Å²) in [5.41, 5.74) is 0.632. The van der Waals surface area contributed by atoms with Crippen molar-refractivity contribution in [2.24, 2.45) is 17.8 Å².